The lowest BCUT2D eigenvalue weighted by Gasteiger charge is -2.29. The maximum Gasteiger partial charge on any atom is 0.245 e. The summed E-state index contributed by atoms with van der Waals surface area (Å²) in [4.78, 5) is 56.8. The van der Waals surface area contributed by atoms with Crippen LogP contribution in [0, 0.1) is 5.92 Å². The molecule has 1 radical (unpaired) electrons. The summed E-state index contributed by atoms with van der Waals surface area (Å²) >= 11 is 1.84. The SMILES string of the molecule is CC(C)C[C@@H](NC(=O)[C@@H](Cc1ccccc1)NC(=O)[C@H](N)Cc1ccccc1)C(=O)N[C@H](CC[B]CNC(C)C)C(=O)N1CCCSCC1. The standard InChI is InChI=1S/C37H56BN6O4S/c1-26(2)22-32(35(46)41-31(16-17-38-25-40-27(3)4)37(48)44-18-11-20-49-21-19-44)43-36(47)33(24-29-14-9-6-10-15-29)42-34(45)30(39)23-28-12-7-5-8-13-28/h5-10,12-15,26-27,30-33,40H,11,16-25,39H2,1-4H3,(H,41,46)(H,42,45)(H,43,47)/t30-,31-,32-,33-/m1/s1. The molecule has 1 heterocycles. The van der Waals surface area contributed by atoms with Gasteiger partial charge in [-0.05, 0) is 54.9 Å². The van der Waals surface area contributed by atoms with E-state index >= 15 is 0 Å². The molecule has 12 heteroatoms. The van der Waals surface area contributed by atoms with Crippen molar-refractivity contribution >= 4 is 42.7 Å². The maximum atomic E-state index is 13.9. The highest BCUT2D eigenvalue weighted by molar-refractivity contribution is 7.99. The monoisotopic (exact) mass is 691 g/mol. The lowest BCUT2D eigenvalue weighted by Crippen LogP contribution is -2.58. The highest BCUT2D eigenvalue weighted by Crippen LogP contribution is 2.14. The fourth-order valence-corrected chi connectivity index (χ4v) is 6.58. The van der Waals surface area contributed by atoms with Gasteiger partial charge in [0, 0.05) is 31.3 Å². The zero-order valence-electron chi connectivity index (χ0n) is 29.7. The number of hydrogen-bond donors (Lipinski definition) is 5. The van der Waals surface area contributed by atoms with Crippen LogP contribution in [0.15, 0.2) is 60.7 Å². The molecule has 0 spiro atoms. The first kappa shape index (κ1) is 40.1. The molecule has 1 saturated heterocycles. The van der Waals surface area contributed by atoms with E-state index in [1.807, 2.05) is 91.2 Å². The molecule has 49 heavy (non-hydrogen) atoms. The molecule has 3 rings (SSSR count). The first-order chi connectivity index (χ1) is 23.5. The second-order valence-corrected chi connectivity index (χ2v) is 14.7. The van der Waals surface area contributed by atoms with E-state index < -0.39 is 41.9 Å². The molecule has 0 aliphatic carbocycles. The van der Waals surface area contributed by atoms with Gasteiger partial charge in [0.05, 0.1) is 6.04 Å². The predicted octanol–water partition coefficient (Wildman–Crippen LogP) is 2.73. The van der Waals surface area contributed by atoms with Crippen molar-refractivity contribution in [2.75, 3.05) is 31.0 Å². The topological polar surface area (TPSA) is 146 Å². The van der Waals surface area contributed by atoms with E-state index in [0.29, 0.717) is 51.2 Å². The molecule has 0 unspecified atom stereocenters. The Morgan fingerprint density at radius 1 is 0.776 bits per heavy atom. The van der Waals surface area contributed by atoms with Crippen LogP contribution in [0.3, 0.4) is 0 Å². The fraction of sp³-hybridized carbons (Fsp3) is 0.568. The first-order valence-corrected chi connectivity index (χ1v) is 18.8. The van der Waals surface area contributed by atoms with Gasteiger partial charge in [-0.3, -0.25) is 19.2 Å². The van der Waals surface area contributed by atoms with Crippen molar-refractivity contribution in [3.63, 3.8) is 0 Å². The molecular formula is C37H56BN6O4S. The Morgan fingerprint density at radius 3 is 2.00 bits per heavy atom. The molecule has 0 saturated carbocycles. The Hall–Kier alpha value is -3.35. The molecule has 4 atom stereocenters. The van der Waals surface area contributed by atoms with Crippen molar-refractivity contribution in [3.8, 4) is 0 Å². The summed E-state index contributed by atoms with van der Waals surface area (Å²) in [5.74, 6) is 0.527. The summed E-state index contributed by atoms with van der Waals surface area (Å²) in [6.07, 6.45) is 3.64. The Labute approximate surface area is 298 Å². The molecule has 6 N–H and O–H groups in total. The van der Waals surface area contributed by atoms with Crippen molar-refractivity contribution in [3.05, 3.63) is 71.8 Å². The van der Waals surface area contributed by atoms with Gasteiger partial charge in [-0.2, -0.15) is 11.8 Å². The summed E-state index contributed by atoms with van der Waals surface area (Å²) in [7, 11) is 2.09. The smallest absolute Gasteiger partial charge is 0.245 e. The quantitative estimate of drug-likeness (QED) is 0.113. The molecule has 2 aromatic carbocycles. The minimum Gasteiger partial charge on any atom is -0.343 e. The number of hydrogen-bond acceptors (Lipinski definition) is 7. The number of benzene rings is 2. The highest BCUT2D eigenvalue weighted by atomic mass is 32.2. The number of carbonyl (C=O) groups excluding carboxylic acids is 4. The molecule has 0 aromatic heterocycles. The zero-order valence-corrected chi connectivity index (χ0v) is 30.5. The largest absolute Gasteiger partial charge is 0.343 e. The summed E-state index contributed by atoms with van der Waals surface area (Å²) < 4.78 is 0. The van der Waals surface area contributed by atoms with E-state index in [0.717, 1.165) is 29.1 Å². The van der Waals surface area contributed by atoms with Crippen molar-refractivity contribution in [2.45, 2.75) is 96.3 Å². The highest BCUT2D eigenvalue weighted by Gasteiger charge is 2.32. The van der Waals surface area contributed by atoms with Gasteiger partial charge in [-0.25, -0.2) is 0 Å². The summed E-state index contributed by atoms with van der Waals surface area (Å²) in [6.45, 7) is 9.43. The normalized spacial score (nSPS) is 15.9. The van der Waals surface area contributed by atoms with Gasteiger partial charge in [0.25, 0.3) is 0 Å². The molecule has 1 fully saturated rings. The van der Waals surface area contributed by atoms with Gasteiger partial charge in [0.2, 0.25) is 23.6 Å². The van der Waals surface area contributed by atoms with Gasteiger partial charge in [0.15, 0.2) is 0 Å². The third kappa shape index (κ3) is 15.0. The number of nitrogens with two attached hydrogens (primary N) is 1. The van der Waals surface area contributed by atoms with Crippen LogP contribution in [0.5, 0.6) is 0 Å². The van der Waals surface area contributed by atoms with E-state index in [2.05, 4.69) is 42.4 Å². The summed E-state index contributed by atoms with van der Waals surface area (Å²) in [5, 5.41) is 12.2. The Morgan fingerprint density at radius 2 is 1.37 bits per heavy atom. The molecule has 2 aromatic rings. The molecule has 1 aliphatic rings. The Kier molecular flexibility index (Phi) is 17.7. The summed E-state index contributed by atoms with van der Waals surface area (Å²) in [5.41, 5.74) is 8.05. The Balaban J connectivity index is 1.76. The van der Waals surface area contributed by atoms with Gasteiger partial charge in [-0.1, -0.05) is 94.7 Å². The average molecular weight is 692 g/mol. The van der Waals surface area contributed by atoms with Crippen LogP contribution in [0.4, 0.5) is 0 Å². The third-order valence-electron chi connectivity index (χ3n) is 8.37. The molecule has 0 bridgehead atoms. The Bertz CT molecular complexity index is 1290. The minimum absolute atomic E-state index is 0.0738. The summed E-state index contributed by atoms with van der Waals surface area (Å²) in [6, 6.07) is 15.8. The van der Waals surface area contributed by atoms with Gasteiger partial charge < -0.3 is 31.9 Å². The number of thioether (sulfide) groups is 1. The lowest BCUT2D eigenvalue weighted by atomic mass is 9.72. The van der Waals surface area contributed by atoms with Crippen molar-refractivity contribution in [1.82, 2.24) is 26.2 Å². The van der Waals surface area contributed by atoms with Crippen molar-refractivity contribution < 1.29 is 19.2 Å². The second-order valence-electron chi connectivity index (χ2n) is 13.5. The van der Waals surface area contributed by atoms with E-state index in [1.165, 1.54) is 0 Å². The number of nitrogens with one attached hydrogen (secondary N) is 4. The molecular weight excluding hydrogens is 635 g/mol. The minimum atomic E-state index is -0.964. The fourth-order valence-electron chi connectivity index (χ4n) is 5.70. The third-order valence-corrected chi connectivity index (χ3v) is 9.42. The number of nitrogens with zero attached hydrogens (tertiary/aromatic N) is 1. The van der Waals surface area contributed by atoms with Crippen LogP contribution in [-0.4, -0.2) is 97.1 Å². The van der Waals surface area contributed by atoms with E-state index in [-0.39, 0.29) is 18.2 Å². The van der Waals surface area contributed by atoms with Crippen LogP contribution in [0.2, 0.25) is 6.32 Å². The van der Waals surface area contributed by atoms with Crippen LogP contribution in [0.25, 0.3) is 0 Å². The number of carbonyl (C=O) groups is 4. The predicted molar refractivity (Wildman–Crippen MR) is 200 cm³/mol. The average Bonchev–Trinajstić information content (AvgIpc) is 3.37. The lowest BCUT2D eigenvalue weighted by molar-refractivity contribution is -0.137. The molecule has 4 amide bonds. The van der Waals surface area contributed by atoms with Crippen molar-refractivity contribution in [1.29, 1.82) is 0 Å². The molecule has 267 valence electrons. The molecule has 10 nitrogen and oxygen atoms in total. The second kappa shape index (κ2) is 21.7. The van der Waals surface area contributed by atoms with Gasteiger partial charge >= 0.3 is 0 Å². The first-order valence-electron chi connectivity index (χ1n) is 17.7. The number of amides is 4. The van der Waals surface area contributed by atoms with E-state index in [9.17, 15) is 19.2 Å². The van der Waals surface area contributed by atoms with E-state index in [1.54, 1.807) is 0 Å². The molecule has 1 aliphatic heterocycles. The van der Waals surface area contributed by atoms with Crippen LogP contribution in [0.1, 0.15) is 58.1 Å². The number of rotatable bonds is 19. The van der Waals surface area contributed by atoms with Crippen molar-refractivity contribution in [2.24, 2.45) is 11.7 Å². The van der Waals surface area contributed by atoms with Crippen LogP contribution >= 0.6 is 11.8 Å². The van der Waals surface area contributed by atoms with Gasteiger partial charge in [0.1, 0.15) is 25.4 Å². The maximum absolute atomic E-state index is 13.9. The zero-order chi connectivity index (χ0) is 35.6. The van der Waals surface area contributed by atoms with Crippen LogP contribution < -0.4 is 27.0 Å². The van der Waals surface area contributed by atoms with Gasteiger partial charge in [-0.15, -0.1) is 0 Å². The van der Waals surface area contributed by atoms with E-state index in [4.69, 9.17) is 5.73 Å². The van der Waals surface area contributed by atoms with Crippen LogP contribution in [-0.2, 0) is 32.0 Å².